The Bertz CT molecular complexity index is 1000. The molecule has 0 fully saturated rings. The number of halogens is 3. The summed E-state index contributed by atoms with van der Waals surface area (Å²) in [7, 11) is 0. The predicted octanol–water partition coefficient (Wildman–Crippen LogP) is 8.46. The Labute approximate surface area is 171 Å². The minimum Gasteiger partial charge on any atom is -0.166 e. The van der Waals surface area contributed by atoms with E-state index in [1.54, 1.807) is 6.07 Å². The van der Waals surface area contributed by atoms with Crippen LogP contribution in [0.25, 0.3) is 22.3 Å². The maximum atomic E-state index is 13.3. The van der Waals surface area contributed by atoms with Gasteiger partial charge in [0.05, 0.1) is 5.56 Å². The highest BCUT2D eigenvalue weighted by Crippen LogP contribution is 2.42. The normalized spacial score (nSPS) is 12.4. The van der Waals surface area contributed by atoms with Gasteiger partial charge in [0, 0.05) is 0 Å². The van der Waals surface area contributed by atoms with Crippen LogP contribution >= 0.6 is 0 Å². The summed E-state index contributed by atoms with van der Waals surface area (Å²) in [6, 6.07) is 20.0. The summed E-state index contributed by atoms with van der Waals surface area (Å²) in [6.45, 7) is 10.6. The lowest BCUT2D eigenvalue weighted by molar-refractivity contribution is -0.137. The van der Waals surface area contributed by atoms with Gasteiger partial charge in [0.2, 0.25) is 0 Å². The van der Waals surface area contributed by atoms with Crippen LogP contribution in [0.15, 0.2) is 66.7 Å². The van der Waals surface area contributed by atoms with Crippen molar-refractivity contribution in [1.29, 1.82) is 0 Å². The standard InChI is InChI=1S/C26H27F3/c1-17(2)18-9-6-10-19(15-18)22-13-8-14-23(24(22)25(3,4)5)20-11-7-12-21(16-20)26(27,28)29/h6-17H,1-5H3. The molecular weight excluding hydrogens is 369 g/mol. The van der Waals surface area contributed by atoms with Crippen LogP contribution in [-0.4, -0.2) is 0 Å². The molecule has 3 rings (SSSR count). The molecule has 0 radical (unpaired) electrons. The first-order valence-corrected chi connectivity index (χ1v) is 9.90. The molecule has 0 spiro atoms. The third kappa shape index (κ3) is 4.55. The first-order chi connectivity index (χ1) is 13.5. The molecule has 3 aromatic carbocycles. The number of hydrogen-bond acceptors (Lipinski definition) is 0. The monoisotopic (exact) mass is 396 g/mol. The summed E-state index contributed by atoms with van der Waals surface area (Å²) in [5.74, 6) is 0.402. The molecule has 0 aliphatic carbocycles. The molecule has 0 amide bonds. The Morgan fingerprint density at radius 2 is 1.21 bits per heavy atom. The first kappa shape index (κ1) is 21.2. The van der Waals surface area contributed by atoms with Crippen molar-refractivity contribution in [3.05, 3.63) is 83.4 Å². The van der Waals surface area contributed by atoms with E-state index in [1.165, 1.54) is 17.7 Å². The van der Waals surface area contributed by atoms with Gasteiger partial charge in [-0.05, 0) is 56.8 Å². The SMILES string of the molecule is CC(C)c1cccc(-c2cccc(-c3cccc(C(F)(F)F)c3)c2C(C)(C)C)c1. The van der Waals surface area contributed by atoms with E-state index >= 15 is 0 Å². The third-order valence-electron chi connectivity index (χ3n) is 5.18. The Morgan fingerprint density at radius 3 is 1.72 bits per heavy atom. The van der Waals surface area contributed by atoms with Crippen molar-refractivity contribution in [2.45, 2.75) is 52.1 Å². The van der Waals surface area contributed by atoms with Gasteiger partial charge in [0.15, 0.2) is 0 Å². The number of alkyl halides is 3. The molecule has 0 unspecified atom stereocenters. The van der Waals surface area contributed by atoms with Gasteiger partial charge >= 0.3 is 6.18 Å². The Balaban J connectivity index is 2.26. The molecule has 0 aliphatic rings. The van der Waals surface area contributed by atoms with E-state index in [-0.39, 0.29) is 5.41 Å². The lowest BCUT2D eigenvalue weighted by atomic mass is 9.77. The minimum absolute atomic E-state index is 0.242. The number of benzene rings is 3. The quantitative estimate of drug-likeness (QED) is 0.416. The summed E-state index contributed by atoms with van der Waals surface area (Å²) in [4.78, 5) is 0. The molecule has 29 heavy (non-hydrogen) atoms. The molecular formula is C26H27F3. The van der Waals surface area contributed by atoms with Crippen LogP contribution in [0.3, 0.4) is 0 Å². The lowest BCUT2D eigenvalue weighted by Gasteiger charge is -2.27. The van der Waals surface area contributed by atoms with E-state index in [9.17, 15) is 13.2 Å². The topological polar surface area (TPSA) is 0 Å². The summed E-state index contributed by atoms with van der Waals surface area (Å²) in [5.41, 5.74) is 5.02. The highest BCUT2D eigenvalue weighted by molar-refractivity contribution is 5.80. The molecule has 0 aromatic heterocycles. The number of hydrogen-bond donors (Lipinski definition) is 0. The molecule has 0 aliphatic heterocycles. The molecule has 0 saturated carbocycles. The van der Waals surface area contributed by atoms with E-state index < -0.39 is 11.7 Å². The van der Waals surface area contributed by atoms with Crippen molar-refractivity contribution >= 4 is 0 Å². The zero-order valence-electron chi connectivity index (χ0n) is 17.6. The predicted molar refractivity (Wildman–Crippen MR) is 115 cm³/mol. The average molecular weight is 396 g/mol. The highest BCUT2D eigenvalue weighted by atomic mass is 19.4. The maximum Gasteiger partial charge on any atom is 0.416 e. The van der Waals surface area contributed by atoms with Gasteiger partial charge in [0.1, 0.15) is 0 Å². The fourth-order valence-corrected chi connectivity index (χ4v) is 3.77. The van der Waals surface area contributed by atoms with E-state index in [2.05, 4.69) is 58.9 Å². The molecule has 3 heteroatoms. The summed E-state index contributed by atoms with van der Waals surface area (Å²) >= 11 is 0. The summed E-state index contributed by atoms with van der Waals surface area (Å²) in [5, 5.41) is 0. The van der Waals surface area contributed by atoms with Crippen molar-refractivity contribution < 1.29 is 13.2 Å². The highest BCUT2D eigenvalue weighted by Gasteiger charge is 2.31. The van der Waals surface area contributed by atoms with Gasteiger partial charge in [-0.3, -0.25) is 0 Å². The smallest absolute Gasteiger partial charge is 0.166 e. The lowest BCUT2D eigenvalue weighted by Crippen LogP contribution is -2.15. The molecule has 0 N–H and O–H groups in total. The van der Waals surface area contributed by atoms with Crippen LogP contribution in [0.1, 0.15) is 57.2 Å². The van der Waals surface area contributed by atoms with Crippen LogP contribution in [0.4, 0.5) is 13.2 Å². The van der Waals surface area contributed by atoms with Crippen LogP contribution < -0.4 is 0 Å². The van der Waals surface area contributed by atoms with Crippen LogP contribution in [-0.2, 0) is 11.6 Å². The molecule has 0 atom stereocenters. The van der Waals surface area contributed by atoms with Crippen LogP contribution in [0.2, 0.25) is 0 Å². The van der Waals surface area contributed by atoms with Crippen molar-refractivity contribution in [2.24, 2.45) is 0 Å². The first-order valence-electron chi connectivity index (χ1n) is 9.90. The maximum absolute atomic E-state index is 13.3. The molecule has 152 valence electrons. The molecule has 0 bridgehead atoms. The second-order valence-electron chi connectivity index (χ2n) is 8.84. The molecule has 0 saturated heterocycles. The average Bonchev–Trinajstić information content (AvgIpc) is 2.66. The second-order valence-corrected chi connectivity index (χ2v) is 8.84. The molecule has 0 heterocycles. The third-order valence-corrected chi connectivity index (χ3v) is 5.18. The van der Waals surface area contributed by atoms with E-state index in [1.807, 2.05) is 18.2 Å². The fraction of sp³-hybridized carbons (Fsp3) is 0.308. The van der Waals surface area contributed by atoms with Gasteiger partial charge in [0.25, 0.3) is 0 Å². The Hall–Kier alpha value is -2.55. The van der Waals surface area contributed by atoms with Gasteiger partial charge in [-0.15, -0.1) is 0 Å². The zero-order valence-corrected chi connectivity index (χ0v) is 17.6. The van der Waals surface area contributed by atoms with Gasteiger partial charge in [-0.2, -0.15) is 13.2 Å². The zero-order chi connectivity index (χ0) is 21.4. The van der Waals surface area contributed by atoms with Gasteiger partial charge in [-0.1, -0.05) is 89.2 Å². The number of rotatable bonds is 3. The van der Waals surface area contributed by atoms with Crippen LogP contribution in [0.5, 0.6) is 0 Å². The summed E-state index contributed by atoms with van der Waals surface area (Å²) in [6.07, 6.45) is -4.36. The minimum atomic E-state index is -4.36. The van der Waals surface area contributed by atoms with E-state index in [4.69, 9.17) is 0 Å². The molecule has 3 aromatic rings. The van der Waals surface area contributed by atoms with E-state index in [0.29, 0.717) is 11.5 Å². The van der Waals surface area contributed by atoms with Crippen LogP contribution in [0, 0.1) is 0 Å². The largest absolute Gasteiger partial charge is 0.416 e. The second kappa shape index (κ2) is 7.70. The van der Waals surface area contributed by atoms with Crippen molar-refractivity contribution in [3.63, 3.8) is 0 Å². The Morgan fingerprint density at radius 1 is 0.690 bits per heavy atom. The van der Waals surface area contributed by atoms with Crippen molar-refractivity contribution in [1.82, 2.24) is 0 Å². The molecule has 0 nitrogen and oxygen atoms in total. The fourth-order valence-electron chi connectivity index (χ4n) is 3.77. The van der Waals surface area contributed by atoms with Gasteiger partial charge in [-0.25, -0.2) is 0 Å². The van der Waals surface area contributed by atoms with Crippen molar-refractivity contribution in [2.75, 3.05) is 0 Å². The summed E-state index contributed by atoms with van der Waals surface area (Å²) < 4.78 is 39.8. The van der Waals surface area contributed by atoms with Crippen molar-refractivity contribution in [3.8, 4) is 22.3 Å². The van der Waals surface area contributed by atoms with E-state index in [0.717, 1.165) is 28.3 Å². The van der Waals surface area contributed by atoms with Gasteiger partial charge < -0.3 is 0 Å². The Kier molecular flexibility index (Phi) is 5.62.